The van der Waals surface area contributed by atoms with Gasteiger partial charge in [0.2, 0.25) is 0 Å². The summed E-state index contributed by atoms with van der Waals surface area (Å²) >= 11 is 0. The molecule has 2 aromatic heterocycles. The van der Waals surface area contributed by atoms with E-state index in [1.54, 1.807) is 18.3 Å². The average Bonchev–Trinajstić information content (AvgIpc) is 3.44. The summed E-state index contributed by atoms with van der Waals surface area (Å²) in [6.45, 7) is 5.72. The predicted octanol–water partition coefficient (Wildman–Crippen LogP) is 4.44. The molecule has 170 valence electrons. The van der Waals surface area contributed by atoms with E-state index in [1.807, 2.05) is 36.9 Å². The van der Waals surface area contributed by atoms with Crippen LogP contribution in [0.2, 0.25) is 0 Å². The van der Waals surface area contributed by atoms with Crippen molar-refractivity contribution >= 4 is 16.6 Å². The molecule has 7 heteroatoms. The van der Waals surface area contributed by atoms with Gasteiger partial charge < -0.3 is 9.80 Å². The lowest BCUT2D eigenvalue weighted by atomic mass is 10.1. The molecular formula is C26H29FN6. The first-order chi connectivity index (χ1) is 16.0. The van der Waals surface area contributed by atoms with E-state index in [0.29, 0.717) is 5.92 Å². The second-order valence-electron chi connectivity index (χ2n) is 9.13. The molecule has 1 atom stereocenters. The van der Waals surface area contributed by atoms with Crippen molar-refractivity contribution in [1.29, 1.82) is 0 Å². The van der Waals surface area contributed by atoms with Gasteiger partial charge >= 0.3 is 0 Å². The van der Waals surface area contributed by atoms with Crippen LogP contribution in [-0.4, -0.2) is 51.6 Å². The highest BCUT2D eigenvalue weighted by molar-refractivity contribution is 5.99. The molecule has 33 heavy (non-hydrogen) atoms. The van der Waals surface area contributed by atoms with Gasteiger partial charge in [-0.05, 0) is 55.6 Å². The van der Waals surface area contributed by atoms with Gasteiger partial charge in [-0.25, -0.2) is 4.39 Å². The van der Waals surface area contributed by atoms with Crippen LogP contribution in [0, 0.1) is 18.7 Å². The number of halogens is 1. The third kappa shape index (κ3) is 4.33. The number of aryl methyl sites for hydroxylation is 2. The SMILES string of the molecule is Cc1cc(F)ccc1CN(C)CC1CCN(c2nnc(-c3ccnn3C)c3ccccc23)C1. The molecule has 0 amide bonds. The quantitative estimate of drug-likeness (QED) is 0.440. The van der Waals surface area contributed by atoms with Gasteiger partial charge in [-0.2, -0.15) is 5.10 Å². The minimum atomic E-state index is -0.173. The van der Waals surface area contributed by atoms with Crippen LogP contribution in [0.5, 0.6) is 0 Å². The van der Waals surface area contributed by atoms with Crippen LogP contribution >= 0.6 is 0 Å². The van der Waals surface area contributed by atoms with Crippen LogP contribution in [0.4, 0.5) is 10.2 Å². The summed E-state index contributed by atoms with van der Waals surface area (Å²) in [4.78, 5) is 4.70. The molecule has 2 aromatic carbocycles. The first-order valence-electron chi connectivity index (χ1n) is 11.4. The highest BCUT2D eigenvalue weighted by atomic mass is 19.1. The van der Waals surface area contributed by atoms with E-state index in [4.69, 9.17) is 0 Å². The maximum absolute atomic E-state index is 13.4. The van der Waals surface area contributed by atoms with Crippen molar-refractivity contribution in [3.63, 3.8) is 0 Å². The van der Waals surface area contributed by atoms with Gasteiger partial charge in [0.05, 0.1) is 5.69 Å². The first-order valence-corrected chi connectivity index (χ1v) is 11.4. The number of aromatic nitrogens is 4. The van der Waals surface area contributed by atoms with E-state index in [0.717, 1.165) is 66.1 Å². The molecule has 4 aromatic rings. The van der Waals surface area contributed by atoms with Crippen molar-refractivity contribution < 1.29 is 4.39 Å². The fraction of sp³-hybridized carbons (Fsp3) is 0.346. The third-order valence-corrected chi connectivity index (χ3v) is 6.63. The Labute approximate surface area is 193 Å². The van der Waals surface area contributed by atoms with Crippen molar-refractivity contribution in [3.05, 3.63) is 71.7 Å². The van der Waals surface area contributed by atoms with E-state index in [2.05, 4.69) is 50.3 Å². The Kier molecular flexibility index (Phi) is 5.81. The molecule has 1 fully saturated rings. The highest BCUT2D eigenvalue weighted by Crippen LogP contribution is 2.33. The van der Waals surface area contributed by atoms with E-state index < -0.39 is 0 Å². The lowest BCUT2D eigenvalue weighted by Gasteiger charge is -2.23. The van der Waals surface area contributed by atoms with Gasteiger partial charge in [-0.15, -0.1) is 10.2 Å². The molecule has 0 aliphatic carbocycles. The third-order valence-electron chi connectivity index (χ3n) is 6.63. The molecule has 1 unspecified atom stereocenters. The molecule has 5 rings (SSSR count). The lowest BCUT2D eigenvalue weighted by Crippen LogP contribution is -2.28. The van der Waals surface area contributed by atoms with Gasteiger partial charge in [-0.3, -0.25) is 4.68 Å². The molecular weight excluding hydrogens is 415 g/mol. The van der Waals surface area contributed by atoms with Gasteiger partial charge in [-0.1, -0.05) is 30.3 Å². The highest BCUT2D eigenvalue weighted by Gasteiger charge is 2.27. The zero-order chi connectivity index (χ0) is 22.9. The second-order valence-corrected chi connectivity index (χ2v) is 9.13. The zero-order valence-electron chi connectivity index (χ0n) is 19.4. The standard InChI is InChI=1S/C26H29FN6/c1-18-14-21(27)9-8-20(18)17-31(2)15-19-11-13-33(16-19)26-23-7-5-4-6-22(23)25(29-30-26)24-10-12-28-32(24)3/h4-10,12,14,19H,11,13,15-17H2,1-3H3. The lowest BCUT2D eigenvalue weighted by molar-refractivity contribution is 0.279. The van der Waals surface area contributed by atoms with Crippen LogP contribution in [0.15, 0.2) is 54.7 Å². The van der Waals surface area contributed by atoms with Crippen LogP contribution < -0.4 is 4.90 Å². The van der Waals surface area contributed by atoms with Crippen LogP contribution in [0.1, 0.15) is 17.5 Å². The van der Waals surface area contributed by atoms with Gasteiger partial charge in [0.1, 0.15) is 11.5 Å². The maximum Gasteiger partial charge on any atom is 0.159 e. The largest absolute Gasteiger partial charge is 0.354 e. The predicted molar refractivity (Wildman–Crippen MR) is 130 cm³/mol. The van der Waals surface area contributed by atoms with E-state index in [9.17, 15) is 4.39 Å². The Balaban J connectivity index is 1.32. The number of benzene rings is 2. The number of rotatable bonds is 6. The maximum atomic E-state index is 13.4. The monoisotopic (exact) mass is 444 g/mol. The summed E-state index contributed by atoms with van der Waals surface area (Å²) in [7, 11) is 4.07. The normalized spacial score (nSPS) is 16.3. The number of hydrogen-bond acceptors (Lipinski definition) is 5. The zero-order valence-corrected chi connectivity index (χ0v) is 19.4. The number of fused-ring (bicyclic) bond motifs is 1. The molecule has 0 radical (unpaired) electrons. The van der Waals surface area contributed by atoms with E-state index in [1.165, 1.54) is 5.56 Å². The van der Waals surface area contributed by atoms with Crippen molar-refractivity contribution in [3.8, 4) is 11.4 Å². The molecule has 6 nitrogen and oxygen atoms in total. The van der Waals surface area contributed by atoms with Crippen LogP contribution in [0.3, 0.4) is 0 Å². The van der Waals surface area contributed by atoms with Gasteiger partial charge in [0, 0.05) is 50.2 Å². The fourth-order valence-electron chi connectivity index (χ4n) is 4.93. The fourth-order valence-corrected chi connectivity index (χ4v) is 4.93. The number of anilines is 1. The second kappa shape index (κ2) is 8.90. The Hall–Kier alpha value is -3.32. The van der Waals surface area contributed by atoms with Crippen LogP contribution in [0.25, 0.3) is 22.2 Å². The Morgan fingerprint density at radius 2 is 1.91 bits per heavy atom. The summed E-state index contributed by atoms with van der Waals surface area (Å²) in [5.74, 6) is 1.33. The smallest absolute Gasteiger partial charge is 0.159 e. The molecule has 1 aliphatic heterocycles. The van der Waals surface area contributed by atoms with Gasteiger partial charge in [0.15, 0.2) is 5.82 Å². The topological polar surface area (TPSA) is 50.1 Å². The molecule has 3 heterocycles. The average molecular weight is 445 g/mol. The molecule has 1 aliphatic rings. The summed E-state index contributed by atoms with van der Waals surface area (Å²) in [6.07, 6.45) is 2.90. The Morgan fingerprint density at radius 3 is 2.67 bits per heavy atom. The number of hydrogen-bond donors (Lipinski definition) is 0. The van der Waals surface area contributed by atoms with Crippen molar-refractivity contribution in [2.45, 2.75) is 19.9 Å². The first kappa shape index (κ1) is 21.5. The van der Waals surface area contributed by atoms with Gasteiger partial charge in [0.25, 0.3) is 0 Å². The molecule has 1 saturated heterocycles. The molecule has 0 N–H and O–H groups in total. The molecule has 0 spiro atoms. The minimum Gasteiger partial charge on any atom is -0.354 e. The molecule has 0 saturated carbocycles. The van der Waals surface area contributed by atoms with E-state index >= 15 is 0 Å². The van der Waals surface area contributed by atoms with Crippen molar-refractivity contribution in [1.82, 2.24) is 24.9 Å². The van der Waals surface area contributed by atoms with Crippen molar-refractivity contribution in [2.75, 3.05) is 31.6 Å². The van der Waals surface area contributed by atoms with Crippen LogP contribution in [-0.2, 0) is 13.6 Å². The summed E-state index contributed by atoms with van der Waals surface area (Å²) < 4.78 is 15.3. The summed E-state index contributed by atoms with van der Waals surface area (Å²) in [6, 6.07) is 15.4. The Bertz CT molecular complexity index is 1280. The minimum absolute atomic E-state index is 0.173. The van der Waals surface area contributed by atoms with Crippen molar-refractivity contribution in [2.24, 2.45) is 13.0 Å². The molecule has 0 bridgehead atoms. The Morgan fingerprint density at radius 1 is 1.09 bits per heavy atom. The number of nitrogens with zero attached hydrogens (tertiary/aromatic N) is 6. The summed E-state index contributed by atoms with van der Waals surface area (Å²) in [5, 5.41) is 15.8. The van der Waals surface area contributed by atoms with E-state index in [-0.39, 0.29) is 5.82 Å². The summed E-state index contributed by atoms with van der Waals surface area (Å²) in [5.41, 5.74) is 4.00.